The average molecular weight is 338 g/mol. The van der Waals surface area contributed by atoms with Crippen LogP contribution in [0, 0.1) is 0 Å². The van der Waals surface area contributed by atoms with Gasteiger partial charge in [-0.3, -0.25) is 0 Å². The summed E-state index contributed by atoms with van der Waals surface area (Å²) in [5.74, 6) is 1.35. The molecule has 0 atom stereocenters. The summed E-state index contributed by atoms with van der Waals surface area (Å²) in [6, 6.07) is 13.6. The van der Waals surface area contributed by atoms with Gasteiger partial charge in [-0.15, -0.1) is 5.10 Å². The van der Waals surface area contributed by atoms with E-state index in [1.54, 1.807) is 17.2 Å². The number of hydrogen-bond donors (Lipinski definition) is 2. The van der Waals surface area contributed by atoms with Crippen molar-refractivity contribution >= 4 is 17.5 Å². The Hall–Kier alpha value is -2.93. The van der Waals surface area contributed by atoms with Crippen molar-refractivity contribution in [3.05, 3.63) is 55.0 Å². The van der Waals surface area contributed by atoms with Gasteiger partial charge in [0.25, 0.3) is 0 Å². The van der Waals surface area contributed by atoms with Crippen molar-refractivity contribution in [2.45, 2.75) is 13.3 Å². The number of para-hydroxylation sites is 1. The van der Waals surface area contributed by atoms with Crippen LogP contribution in [0.15, 0.2) is 55.0 Å². The Morgan fingerprint density at radius 2 is 1.96 bits per heavy atom. The van der Waals surface area contributed by atoms with Crippen molar-refractivity contribution in [2.24, 2.45) is 0 Å². The van der Waals surface area contributed by atoms with E-state index in [1.807, 2.05) is 42.5 Å². The van der Waals surface area contributed by atoms with E-state index >= 15 is 0 Å². The highest BCUT2D eigenvalue weighted by atomic mass is 16.3. The summed E-state index contributed by atoms with van der Waals surface area (Å²) >= 11 is 0. The quantitative estimate of drug-likeness (QED) is 0.657. The lowest BCUT2D eigenvalue weighted by Gasteiger charge is -2.22. The largest absolute Gasteiger partial charge is 0.395 e. The molecule has 2 heterocycles. The van der Waals surface area contributed by atoms with E-state index in [-0.39, 0.29) is 6.61 Å². The van der Waals surface area contributed by atoms with Gasteiger partial charge in [0.15, 0.2) is 0 Å². The predicted molar refractivity (Wildman–Crippen MR) is 98.5 cm³/mol. The van der Waals surface area contributed by atoms with Gasteiger partial charge >= 0.3 is 0 Å². The molecule has 130 valence electrons. The van der Waals surface area contributed by atoms with E-state index in [0.717, 1.165) is 30.2 Å². The molecule has 2 N–H and O–H groups in total. The van der Waals surface area contributed by atoms with Crippen LogP contribution >= 0.6 is 0 Å². The lowest BCUT2D eigenvalue weighted by atomic mass is 10.3. The normalized spacial score (nSPS) is 10.6. The molecule has 0 radical (unpaired) electrons. The van der Waals surface area contributed by atoms with Crippen LogP contribution in [0.4, 0.5) is 17.5 Å². The SMILES string of the molecule is CCCN(CCO)c1cc(-n2cnc(Nc3ccccc3)n2)ccn1. The molecule has 0 bridgehead atoms. The summed E-state index contributed by atoms with van der Waals surface area (Å²) in [7, 11) is 0. The summed E-state index contributed by atoms with van der Waals surface area (Å²) in [5, 5.41) is 16.9. The number of rotatable bonds is 8. The molecule has 0 unspecified atom stereocenters. The molecule has 0 fully saturated rings. The smallest absolute Gasteiger partial charge is 0.246 e. The van der Waals surface area contributed by atoms with Crippen LogP contribution in [-0.2, 0) is 0 Å². The number of benzene rings is 1. The monoisotopic (exact) mass is 338 g/mol. The number of aliphatic hydroxyl groups excluding tert-OH is 1. The van der Waals surface area contributed by atoms with Crippen LogP contribution in [-0.4, -0.2) is 44.6 Å². The second-order valence-electron chi connectivity index (χ2n) is 5.59. The first-order chi connectivity index (χ1) is 12.3. The summed E-state index contributed by atoms with van der Waals surface area (Å²) in [5.41, 5.74) is 1.81. The highest BCUT2D eigenvalue weighted by Gasteiger charge is 2.09. The Morgan fingerprint density at radius 3 is 2.72 bits per heavy atom. The molecule has 0 aliphatic carbocycles. The van der Waals surface area contributed by atoms with E-state index in [9.17, 15) is 5.11 Å². The predicted octanol–water partition coefficient (Wildman–Crippen LogP) is 2.61. The molecular formula is C18H22N6O. The molecule has 3 aromatic rings. The van der Waals surface area contributed by atoms with Gasteiger partial charge in [-0.1, -0.05) is 25.1 Å². The lowest BCUT2D eigenvalue weighted by Crippen LogP contribution is -2.28. The second-order valence-corrected chi connectivity index (χ2v) is 5.59. The van der Waals surface area contributed by atoms with Gasteiger partial charge in [-0.05, 0) is 24.6 Å². The number of anilines is 3. The third-order valence-corrected chi connectivity index (χ3v) is 3.70. The van der Waals surface area contributed by atoms with Crippen molar-refractivity contribution in [1.29, 1.82) is 0 Å². The van der Waals surface area contributed by atoms with Crippen LogP contribution in [0.1, 0.15) is 13.3 Å². The first kappa shape index (κ1) is 16.9. The fraction of sp³-hybridized carbons (Fsp3) is 0.278. The Balaban J connectivity index is 1.79. The number of aliphatic hydroxyl groups is 1. The first-order valence-corrected chi connectivity index (χ1v) is 8.36. The molecule has 3 rings (SSSR count). The fourth-order valence-corrected chi connectivity index (χ4v) is 2.55. The molecule has 0 aliphatic rings. The fourth-order valence-electron chi connectivity index (χ4n) is 2.55. The lowest BCUT2D eigenvalue weighted by molar-refractivity contribution is 0.301. The van der Waals surface area contributed by atoms with Crippen molar-refractivity contribution in [3.8, 4) is 5.69 Å². The molecule has 2 aromatic heterocycles. The molecule has 0 spiro atoms. The van der Waals surface area contributed by atoms with E-state index in [1.165, 1.54) is 0 Å². The first-order valence-electron chi connectivity index (χ1n) is 8.36. The molecule has 0 amide bonds. The topological polar surface area (TPSA) is 79.1 Å². The van der Waals surface area contributed by atoms with Crippen molar-refractivity contribution < 1.29 is 5.11 Å². The minimum Gasteiger partial charge on any atom is -0.395 e. The minimum absolute atomic E-state index is 0.0976. The van der Waals surface area contributed by atoms with Crippen molar-refractivity contribution in [2.75, 3.05) is 29.9 Å². The molecule has 7 heteroatoms. The van der Waals surface area contributed by atoms with E-state index < -0.39 is 0 Å². The molecule has 7 nitrogen and oxygen atoms in total. The Bertz CT molecular complexity index is 783. The van der Waals surface area contributed by atoms with Gasteiger partial charge < -0.3 is 15.3 Å². The van der Waals surface area contributed by atoms with Crippen LogP contribution in [0.2, 0.25) is 0 Å². The summed E-state index contributed by atoms with van der Waals surface area (Å²) in [4.78, 5) is 10.8. The zero-order chi connectivity index (χ0) is 17.5. The maximum Gasteiger partial charge on any atom is 0.246 e. The molecule has 25 heavy (non-hydrogen) atoms. The third kappa shape index (κ3) is 4.33. The molecule has 0 saturated carbocycles. The van der Waals surface area contributed by atoms with Crippen LogP contribution in [0.25, 0.3) is 5.69 Å². The van der Waals surface area contributed by atoms with Gasteiger partial charge in [-0.2, -0.15) is 4.98 Å². The second kappa shape index (κ2) is 8.25. The number of nitrogens with one attached hydrogen (secondary N) is 1. The Kier molecular flexibility index (Phi) is 5.58. The van der Waals surface area contributed by atoms with Crippen LogP contribution < -0.4 is 10.2 Å². The summed E-state index contributed by atoms with van der Waals surface area (Å²) in [6.45, 7) is 3.60. The summed E-state index contributed by atoms with van der Waals surface area (Å²) < 4.78 is 1.71. The van der Waals surface area contributed by atoms with Crippen molar-refractivity contribution in [1.82, 2.24) is 19.7 Å². The van der Waals surface area contributed by atoms with E-state index in [2.05, 4.69) is 32.2 Å². The van der Waals surface area contributed by atoms with E-state index in [0.29, 0.717) is 12.5 Å². The highest BCUT2D eigenvalue weighted by Crippen LogP contribution is 2.17. The van der Waals surface area contributed by atoms with Gasteiger partial charge in [0.1, 0.15) is 12.1 Å². The van der Waals surface area contributed by atoms with Gasteiger partial charge in [-0.25, -0.2) is 9.67 Å². The summed E-state index contributed by atoms with van der Waals surface area (Å²) in [6.07, 6.45) is 4.40. The number of hydrogen-bond acceptors (Lipinski definition) is 6. The molecular weight excluding hydrogens is 316 g/mol. The average Bonchev–Trinajstić information content (AvgIpc) is 3.11. The van der Waals surface area contributed by atoms with Gasteiger partial charge in [0.05, 0.1) is 12.3 Å². The Labute approximate surface area is 147 Å². The Morgan fingerprint density at radius 1 is 1.12 bits per heavy atom. The van der Waals surface area contributed by atoms with Crippen molar-refractivity contribution in [3.63, 3.8) is 0 Å². The maximum absolute atomic E-state index is 9.25. The van der Waals surface area contributed by atoms with Gasteiger partial charge in [0.2, 0.25) is 5.95 Å². The minimum atomic E-state index is 0.0976. The number of aromatic nitrogens is 4. The maximum atomic E-state index is 9.25. The zero-order valence-electron chi connectivity index (χ0n) is 14.2. The number of nitrogens with zero attached hydrogens (tertiary/aromatic N) is 5. The van der Waals surface area contributed by atoms with E-state index in [4.69, 9.17) is 0 Å². The zero-order valence-corrected chi connectivity index (χ0v) is 14.2. The standard InChI is InChI=1S/C18H22N6O/c1-2-10-23(11-12-25)17-13-16(8-9-19-17)24-14-20-18(22-24)21-15-6-4-3-5-7-15/h3-9,13-14,25H,2,10-12H2,1H3,(H,21,22). The van der Waals surface area contributed by atoms with Crippen LogP contribution in [0.3, 0.4) is 0 Å². The highest BCUT2D eigenvalue weighted by molar-refractivity contribution is 5.53. The molecule has 0 aliphatic heterocycles. The molecule has 1 aromatic carbocycles. The third-order valence-electron chi connectivity index (χ3n) is 3.70. The number of pyridine rings is 1. The van der Waals surface area contributed by atoms with Gasteiger partial charge in [0, 0.05) is 31.0 Å². The van der Waals surface area contributed by atoms with Crippen LogP contribution in [0.5, 0.6) is 0 Å². The molecule has 0 saturated heterocycles.